The van der Waals surface area contributed by atoms with Gasteiger partial charge in [-0.3, -0.25) is 24.1 Å². The summed E-state index contributed by atoms with van der Waals surface area (Å²) < 4.78 is 15.4. The first-order valence-electron chi connectivity index (χ1n) is 9.38. The average molecular weight is 400 g/mol. The summed E-state index contributed by atoms with van der Waals surface area (Å²) in [6, 6.07) is 4.92. The SMILES string of the molecule is O=C(COC(=O)CCN1C(=O)[C@H]2CC=CC[C@@H]2C1=O)Nc1ccc2c(c1)OCO2. The molecule has 0 bridgehead atoms. The van der Waals surface area contributed by atoms with Gasteiger partial charge in [0.1, 0.15) is 0 Å². The number of benzene rings is 1. The van der Waals surface area contributed by atoms with Crippen molar-refractivity contribution in [1.82, 2.24) is 4.90 Å². The summed E-state index contributed by atoms with van der Waals surface area (Å²) in [4.78, 5) is 49.7. The van der Waals surface area contributed by atoms with Crippen molar-refractivity contribution in [3.8, 4) is 11.5 Å². The Morgan fingerprint density at radius 1 is 1.07 bits per heavy atom. The molecule has 4 rings (SSSR count). The van der Waals surface area contributed by atoms with E-state index in [1.54, 1.807) is 18.2 Å². The predicted octanol–water partition coefficient (Wildman–Crippen LogP) is 1.24. The molecule has 0 unspecified atom stereocenters. The third-order valence-corrected chi connectivity index (χ3v) is 5.16. The first kappa shape index (κ1) is 19.0. The fraction of sp³-hybridized carbons (Fsp3) is 0.400. The molecule has 2 aliphatic heterocycles. The number of anilines is 1. The Bertz CT molecular complexity index is 869. The van der Waals surface area contributed by atoms with Crippen molar-refractivity contribution in [1.29, 1.82) is 0 Å². The van der Waals surface area contributed by atoms with Crippen LogP contribution in [0.4, 0.5) is 5.69 Å². The Kier molecular flexibility index (Phi) is 5.20. The van der Waals surface area contributed by atoms with Gasteiger partial charge in [0.2, 0.25) is 18.6 Å². The molecule has 1 aliphatic carbocycles. The average Bonchev–Trinajstić information content (AvgIpc) is 3.28. The number of ether oxygens (including phenoxy) is 3. The Hall–Kier alpha value is -3.36. The highest BCUT2D eigenvalue weighted by atomic mass is 16.7. The van der Waals surface area contributed by atoms with Gasteiger partial charge in [-0.05, 0) is 25.0 Å². The van der Waals surface area contributed by atoms with E-state index < -0.39 is 18.5 Å². The molecule has 2 atom stereocenters. The van der Waals surface area contributed by atoms with Gasteiger partial charge in [-0.2, -0.15) is 0 Å². The molecule has 29 heavy (non-hydrogen) atoms. The minimum Gasteiger partial charge on any atom is -0.456 e. The highest BCUT2D eigenvalue weighted by molar-refractivity contribution is 6.05. The fourth-order valence-corrected chi connectivity index (χ4v) is 3.68. The lowest BCUT2D eigenvalue weighted by Crippen LogP contribution is -2.33. The van der Waals surface area contributed by atoms with E-state index in [1.807, 2.05) is 12.2 Å². The number of allylic oxidation sites excluding steroid dienone is 2. The molecule has 1 aromatic carbocycles. The summed E-state index contributed by atoms with van der Waals surface area (Å²) in [6.07, 6.45) is 4.76. The van der Waals surface area contributed by atoms with Gasteiger partial charge < -0.3 is 19.5 Å². The lowest BCUT2D eigenvalue weighted by Gasteiger charge is -2.14. The summed E-state index contributed by atoms with van der Waals surface area (Å²) in [6.45, 7) is -0.373. The first-order valence-corrected chi connectivity index (χ1v) is 9.38. The maximum atomic E-state index is 12.3. The van der Waals surface area contributed by atoms with E-state index in [0.717, 1.165) is 4.90 Å². The van der Waals surface area contributed by atoms with Crippen molar-refractivity contribution in [2.45, 2.75) is 19.3 Å². The number of hydrogen-bond acceptors (Lipinski definition) is 7. The number of carbonyl (C=O) groups is 4. The molecule has 1 saturated heterocycles. The number of hydrogen-bond donors (Lipinski definition) is 1. The number of amides is 3. The largest absolute Gasteiger partial charge is 0.456 e. The molecular formula is C20H20N2O7. The lowest BCUT2D eigenvalue weighted by molar-refractivity contribution is -0.148. The number of rotatable bonds is 6. The van der Waals surface area contributed by atoms with E-state index >= 15 is 0 Å². The Morgan fingerprint density at radius 3 is 2.48 bits per heavy atom. The molecule has 2 heterocycles. The molecule has 0 aromatic heterocycles. The van der Waals surface area contributed by atoms with Gasteiger partial charge in [0.05, 0.1) is 18.3 Å². The molecular weight excluding hydrogens is 380 g/mol. The highest BCUT2D eigenvalue weighted by Gasteiger charge is 2.46. The molecule has 3 aliphatic rings. The van der Waals surface area contributed by atoms with E-state index in [-0.39, 0.29) is 43.4 Å². The number of esters is 1. The van der Waals surface area contributed by atoms with Crippen molar-refractivity contribution >= 4 is 29.4 Å². The van der Waals surface area contributed by atoms with Crippen LogP contribution in [0.25, 0.3) is 0 Å². The number of nitrogens with one attached hydrogen (secondary N) is 1. The Morgan fingerprint density at radius 2 is 1.76 bits per heavy atom. The molecule has 0 saturated carbocycles. The zero-order valence-electron chi connectivity index (χ0n) is 15.6. The Labute approximate surface area is 166 Å². The van der Waals surface area contributed by atoms with Crippen molar-refractivity contribution in [2.75, 3.05) is 25.3 Å². The van der Waals surface area contributed by atoms with Crippen LogP contribution in [0.5, 0.6) is 11.5 Å². The number of imide groups is 1. The molecule has 0 spiro atoms. The number of fused-ring (bicyclic) bond motifs is 2. The predicted molar refractivity (Wildman–Crippen MR) is 98.8 cm³/mol. The normalized spacial score (nSPS) is 21.9. The van der Waals surface area contributed by atoms with Gasteiger partial charge in [-0.25, -0.2) is 0 Å². The van der Waals surface area contributed by atoms with Crippen molar-refractivity contribution in [2.24, 2.45) is 11.8 Å². The summed E-state index contributed by atoms with van der Waals surface area (Å²) >= 11 is 0. The molecule has 9 nitrogen and oxygen atoms in total. The molecule has 1 aromatic rings. The van der Waals surface area contributed by atoms with Crippen LogP contribution in [0.2, 0.25) is 0 Å². The van der Waals surface area contributed by atoms with Gasteiger partial charge in [-0.15, -0.1) is 0 Å². The van der Waals surface area contributed by atoms with Gasteiger partial charge in [0, 0.05) is 18.3 Å². The molecule has 1 fully saturated rings. The van der Waals surface area contributed by atoms with Gasteiger partial charge in [0.15, 0.2) is 18.1 Å². The van der Waals surface area contributed by atoms with Crippen LogP contribution >= 0.6 is 0 Å². The van der Waals surface area contributed by atoms with Crippen LogP contribution < -0.4 is 14.8 Å². The fourth-order valence-electron chi connectivity index (χ4n) is 3.68. The van der Waals surface area contributed by atoms with E-state index in [9.17, 15) is 19.2 Å². The minimum atomic E-state index is -0.653. The molecule has 1 N–H and O–H groups in total. The van der Waals surface area contributed by atoms with Crippen LogP contribution in [0.1, 0.15) is 19.3 Å². The second-order valence-corrected chi connectivity index (χ2v) is 7.01. The van der Waals surface area contributed by atoms with E-state index in [4.69, 9.17) is 14.2 Å². The van der Waals surface area contributed by atoms with Crippen molar-refractivity contribution in [3.05, 3.63) is 30.4 Å². The van der Waals surface area contributed by atoms with Crippen LogP contribution in [-0.2, 0) is 23.9 Å². The first-order chi connectivity index (χ1) is 14.0. The standard InChI is InChI=1S/C20H20N2O7/c23-17(21-12-5-6-15-16(9-12)29-11-28-15)10-27-18(24)7-8-22-19(25)13-3-1-2-4-14(13)20(22)26/h1-2,5-6,9,13-14H,3-4,7-8,10-11H2,(H,21,23)/t13-,14-/m0/s1. The second-order valence-electron chi connectivity index (χ2n) is 7.01. The van der Waals surface area contributed by atoms with Crippen LogP contribution in [0.15, 0.2) is 30.4 Å². The minimum absolute atomic E-state index is 0.0344. The highest BCUT2D eigenvalue weighted by Crippen LogP contribution is 2.35. The topological polar surface area (TPSA) is 111 Å². The monoisotopic (exact) mass is 400 g/mol. The quantitative estimate of drug-likeness (QED) is 0.434. The van der Waals surface area contributed by atoms with E-state index in [0.29, 0.717) is 30.0 Å². The Balaban J connectivity index is 1.21. The number of nitrogens with zero attached hydrogens (tertiary/aromatic N) is 1. The van der Waals surface area contributed by atoms with E-state index in [1.165, 1.54) is 0 Å². The zero-order valence-corrected chi connectivity index (χ0v) is 15.6. The molecule has 0 radical (unpaired) electrons. The van der Waals surface area contributed by atoms with Gasteiger partial charge in [0.25, 0.3) is 5.91 Å². The number of carbonyl (C=O) groups excluding carboxylic acids is 4. The van der Waals surface area contributed by atoms with Crippen LogP contribution in [-0.4, -0.2) is 48.5 Å². The molecule has 9 heteroatoms. The number of likely N-dealkylation sites (tertiary alicyclic amines) is 1. The summed E-state index contributed by atoms with van der Waals surface area (Å²) in [5, 5.41) is 2.59. The van der Waals surface area contributed by atoms with E-state index in [2.05, 4.69) is 5.32 Å². The van der Waals surface area contributed by atoms with Gasteiger partial charge in [-0.1, -0.05) is 12.2 Å². The third-order valence-electron chi connectivity index (χ3n) is 5.16. The molecule has 152 valence electrons. The summed E-state index contributed by atoms with van der Waals surface area (Å²) in [5.74, 6) is -1.17. The van der Waals surface area contributed by atoms with Crippen molar-refractivity contribution < 1.29 is 33.4 Å². The maximum Gasteiger partial charge on any atom is 0.308 e. The lowest BCUT2D eigenvalue weighted by atomic mass is 9.85. The van der Waals surface area contributed by atoms with Crippen molar-refractivity contribution in [3.63, 3.8) is 0 Å². The smallest absolute Gasteiger partial charge is 0.308 e. The third kappa shape index (κ3) is 3.94. The maximum absolute atomic E-state index is 12.3. The summed E-state index contributed by atoms with van der Waals surface area (Å²) in [7, 11) is 0. The van der Waals surface area contributed by atoms with Crippen LogP contribution in [0, 0.1) is 11.8 Å². The van der Waals surface area contributed by atoms with Gasteiger partial charge >= 0.3 is 5.97 Å². The van der Waals surface area contributed by atoms with Crippen LogP contribution in [0.3, 0.4) is 0 Å². The molecule has 3 amide bonds. The zero-order chi connectivity index (χ0) is 20.4. The second kappa shape index (κ2) is 7.94. The summed E-state index contributed by atoms with van der Waals surface area (Å²) in [5.41, 5.74) is 0.486.